The number of benzene rings is 2. The molecule has 0 spiro atoms. The fourth-order valence-electron chi connectivity index (χ4n) is 2.92. The van der Waals surface area contributed by atoms with E-state index >= 15 is 0 Å². The van der Waals surface area contributed by atoms with Crippen LogP contribution in [0.25, 0.3) is 20.7 Å². The predicted octanol–water partition coefficient (Wildman–Crippen LogP) is 6.12. The molecule has 2 aromatic heterocycles. The summed E-state index contributed by atoms with van der Waals surface area (Å²) in [6.07, 6.45) is 2.00. The Hall–Kier alpha value is -2.35. The largest absolute Gasteiger partial charge is 0.324 e. The second kappa shape index (κ2) is 8.98. The molecule has 2 heterocycles. The molecule has 0 aliphatic carbocycles. The Kier molecular flexibility index (Phi) is 6.18. The van der Waals surface area contributed by atoms with Crippen LogP contribution in [0.4, 0.5) is 5.69 Å². The number of fused-ring (bicyclic) bond motifs is 1. The minimum atomic E-state index is -0.0422. The van der Waals surface area contributed by atoms with Gasteiger partial charge in [0.15, 0.2) is 0 Å². The maximum atomic E-state index is 12.5. The number of amides is 1. The minimum Gasteiger partial charge on any atom is -0.324 e. The first-order valence-corrected chi connectivity index (χ1v) is 12.1. The van der Waals surface area contributed by atoms with Crippen molar-refractivity contribution in [3.63, 3.8) is 0 Å². The number of thioether (sulfide) groups is 2. The highest BCUT2D eigenvalue weighted by Gasteiger charge is 2.14. The van der Waals surface area contributed by atoms with Gasteiger partial charge in [0, 0.05) is 15.2 Å². The standard InChI is InChI=1S/C22H19N3OS3/c1-14-23-21(28-13-20(26)25-17-10-6-7-11-18(17)27-2)16-12-19(29-22(16)24-14)15-8-4-3-5-9-15/h3-12H,13H2,1-2H3,(H,25,26). The SMILES string of the molecule is CSc1ccccc1NC(=O)CSc1nc(C)nc2sc(-c3ccccc3)cc12. The number of hydrogen-bond acceptors (Lipinski definition) is 6. The van der Waals surface area contributed by atoms with Crippen LogP contribution >= 0.6 is 34.9 Å². The lowest BCUT2D eigenvalue weighted by Crippen LogP contribution is -2.14. The third-order valence-corrected chi connectivity index (χ3v) is 7.11. The molecule has 0 atom stereocenters. The normalized spacial score (nSPS) is 11.0. The average Bonchev–Trinajstić information content (AvgIpc) is 3.17. The Labute approximate surface area is 182 Å². The molecule has 146 valence electrons. The molecule has 0 saturated carbocycles. The van der Waals surface area contributed by atoms with Gasteiger partial charge in [-0.1, -0.05) is 54.2 Å². The first-order chi connectivity index (χ1) is 14.1. The van der Waals surface area contributed by atoms with E-state index in [1.54, 1.807) is 23.1 Å². The van der Waals surface area contributed by atoms with E-state index in [-0.39, 0.29) is 5.91 Å². The molecular weight excluding hydrogens is 418 g/mol. The summed E-state index contributed by atoms with van der Waals surface area (Å²) < 4.78 is 0. The third-order valence-electron chi connectivity index (χ3n) is 4.25. The number of aromatic nitrogens is 2. The highest BCUT2D eigenvalue weighted by molar-refractivity contribution is 8.00. The molecule has 4 rings (SSSR count). The summed E-state index contributed by atoms with van der Waals surface area (Å²) in [5.74, 6) is 0.971. The molecular formula is C22H19N3OS3. The Morgan fingerprint density at radius 2 is 1.83 bits per heavy atom. The van der Waals surface area contributed by atoms with Crippen molar-refractivity contribution in [3.05, 3.63) is 66.5 Å². The molecule has 0 aliphatic heterocycles. The second-order valence-electron chi connectivity index (χ2n) is 6.31. The van der Waals surface area contributed by atoms with E-state index in [0.717, 1.165) is 42.1 Å². The number of nitrogens with zero attached hydrogens (tertiary/aromatic N) is 2. The topological polar surface area (TPSA) is 54.9 Å². The number of rotatable bonds is 6. The summed E-state index contributed by atoms with van der Waals surface area (Å²) in [7, 11) is 0. The molecule has 1 N–H and O–H groups in total. The number of nitrogens with one attached hydrogen (secondary N) is 1. The van der Waals surface area contributed by atoms with Crippen LogP contribution in [0.1, 0.15) is 5.82 Å². The number of thiophene rings is 1. The van der Waals surface area contributed by atoms with Crippen molar-refractivity contribution in [2.75, 3.05) is 17.3 Å². The highest BCUT2D eigenvalue weighted by Crippen LogP contribution is 2.36. The zero-order chi connectivity index (χ0) is 20.2. The molecule has 2 aromatic carbocycles. The van der Waals surface area contributed by atoms with Crippen molar-refractivity contribution in [2.24, 2.45) is 0 Å². The fourth-order valence-corrected chi connectivity index (χ4v) is 5.47. The van der Waals surface area contributed by atoms with Crippen molar-refractivity contribution in [2.45, 2.75) is 16.8 Å². The van der Waals surface area contributed by atoms with Gasteiger partial charge < -0.3 is 5.32 Å². The molecule has 0 radical (unpaired) electrons. The van der Waals surface area contributed by atoms with Gasteiger partial charge >= 0.3 is 0 Å². The first kappa shape index (κ1) is 19.9. The van der Waals surface area contributed by atoms with Crippen LogP contribution in [0, 0.1) is 6.92 Å². The van der Waals surface area contributed by atoms with E-state index in [9.17, 15) is 4.79 Å². The Morgan fingerprint density at radius 1 is 1.07 bits per heavy atom. The molecule has 4 aromatic rings. The Bertz CT molecular complexity index is 1160. The van der Waals surface area contributed by atoms with E-state index in [2.05, 4.69) is 33.5 Å². The number of carbonyl (C=O) groups is 1. The molecule has 29 heavy (non-hydrogen) atoms. The van der Waals surface area contributed by atoms with Crippen molar-refractivity contribution >= 4 is 56.7 Å². The maximum Gasteiger partial charge on any atom is 0.234 e. The fraction of sp³-hybridized carbons (Fsp3) is 0.136. The van der Waals surface area contributed by atoms with Crippen LogP contribution in [0.5, 0.6) is 0 Å². The zero-order valence-electron chi connectivity index (χ0n) is 16.0. The van der Waals surface area contributed by atoms with Crippen LogP contribution in [0.3, 0.4) is 0 Å². The van der Waals surface area contributed by atoms with Crippen LogP contribution in [0.2, 0.25) is 0 Å². The van der Waals surface area contributed by atoms with Crippen LogP contribution in [0.15, 0.2) is 70.6 Å². The minimum absolute atomic E-state index is 0.0422. The van der Waals surface area contributed by atoms with Gasteiger partial charge in [-0.05, 0) is 36.9 Å². The third kappa shape index (κ3) is 4.63. The van der Waals surface area contributed by atoms with Crippen molar-refractivity contribution in [1.82, 2.24) is 9.97 Å². The van der Waals surface area contributed by atoms with Crippen molar-refractivity contribution in [3.8, 4) is 10.4 Å². The summed E-state index contributed by atoms with van der Waals surface area (Å²) in [6, 6.07) is 20.2. The molecule has 0 aliphatic rings. The van der Waals surface area contributed by atoms with E-state index in [1.165, 1.54) is 11.8 Å². The zero-order valence-corrected chi connectivity index (χ0v) is 18.5. The summed E-state index contributed by atoms with van der Waals surface area (Å²) in [4.78, 5) is 24.9. The molecule has 0 bridgehead atoms. The lowest BCUT2D eigenvalue weighted by molar-refractivity contribution is -0.113. The second-order valence-corrected chi connectivity index (χ2v) is 9.15. The summed E-state index contributed by atoms with van der Waals surface area (Å²) in [6.45, 7) is 1.89. The first-order valence-electron chi connectivity index (χ1n) is 9.03. The highest BCUT2D eigenvalue weighted by atomic mass is 32.2. The quantitative estimate of drug-likeness (QED) is 0.291. The molecule has 0 fully saturated rings. The van der Waals surface area contributed by atoms with Gasteiger partial charge in [0.05, 0.1) is 11.4 Å². The lowest BCUT2D eigenvalue weighted by Gasteiger charge is -2.09. The number of anilines is 1. The molecule has 1 amide bonds. The smallest absolute Gasteiger partial charge is 0.234 e. The average molecular weight is 438 g/mol. The van der Waals surface area contributed by atoms with E-state index < -0.39 is 0 Å². The number of hydrogen-bond donors (Lipinski definition) is 1. The van der Waals surface area contributed by atoms with Gasteiger partial charge in [-0.25, -0.2) is 9.97 Å². The van der Waals surface area contributed by atoms with Crippen molar-refractivity contribution < 1.29 is 4.79 Å². The van der Waals surface area contributed by atoms with Gasteiger partial charge in [0.2, 0.25) is 5.91 Å². The van der Waals surface area contributed by atoms with E-state index in [0.29, 0.717) is 5.75 Å². The van der Waals surface area contributed by atoms with E-state index in [4.69, 9.17) is 0 Å². The van der Waals surface area contributed by atoms with Gasteiger partial charge in [0.25, 0.3) is 0 Å². The number of carbonyl (C=O) groups excluding carboxylic acids is 1. The molecule has 0 unspecified atom stereocenters. The van der Waals surface area contributed by atoms with E-state index in [1.807, 2.05) is 55.6 Å². The van der Waals surface area contributed by atoms with Crippen LogP contribution in [-0.4, -0.2) is 27.9 Å². The van der Waals surface area contributed by atoms with Gasteiger partial charge in [0.1, 0.15) is 15.7 Å². The van der Waals surface area contributed by atoms with Crippen LogP contribution in [-0.2, 0) is 4.79 Å². The summed E-state index contributed by atoms with van der Waals surface area (Å²) in [5.41, 5.74) is 2.01. The molecule has 0 saturated heterocycles. The Balaban J connectivity index is 1.54. The molecule has 7 heteroatoms. The number of aryl methyl sites for hydroxylation is 1. The van der Waals surface area contributed by atoms with Crippen molar-refractivity contribution in [1.29, 1.82) is 0 Å². The van der Waals surface area contributed by atoms with Gasteiger partial charge in [-0.2, -0.15) is 0 Å². The maximum absolute atomic E-state index is 12.5. The predicted molar refractivity (Wildman–Crippen MR) is 125 cm³/mol. The summed E-state index contributed by atoms with van der Waals surface area (Å²) >= 11 is 4.72. The monoisotopic (exact) mass is 437 g/mol. The van der Waals surface area contributed by atoms with Gasteiger partial charge in [-0.3, -0.25) is 4.79 Å². The lowest BCUT2D eigenvalue weighted by atomic mass is 10.2. The van der Waals surface area contributed by atoms with Gasteiger partial charge in [-0.15, -0.1) is 23.1 Å². The Morgan fingerprint density at radius 3 is 2.62 bits per heavy atom. The molecule has 4 nitrogen and oxygen atoms in total. The number of para-hydroxylation sites is 1. The summed E-state index contributed by atoms with van der Waals surface area (Å²) in [5, 5.41) is 4.85. The van der Waals surface area contributed by atoms with Crippen LogP contribution < -0.4 is 5.32 Å².